The van der Waals surface area contributed by atoms with Gasteiger partial charge in [-0.05, 0) is 31.2 Å². The molecule has 0 saturated carbocycles. The molecule has 100 valence electrons. The first kappa shape index (κ1) is 14.2. The van der Waals surface area contributed by atoms with Crippen LogP contribution in [0, 0.1) is 0 Å². The van der Waals surface area contributed by atoms with Crippen molar-refractivity contribution in [2.24, 2.45) is 0 Å². The van der Waals surface area contributed by atoms with E-state index in [1.165, 1.54) is 5.56 Å². The van der Waals surface area contributed by atoms with Gasteiger partial charge in [0.2, 0.25) is 0 Å². The van der Waals surface area contributed by atoms with Crippen molar-refractivity contribution in [3.63, 3.8) is 0 Å². The molecule has 0 aliphatic rings. The van der Waals surface area contributed by atoms with Gasteiger partial charge in [0.15, 0.2) is 0 Å². The van der Waals surface area contributed by atoms with Gasteiger partial charge in [-0.3, -0.25) is 14.9 Å². The van der Waals surface area contributed by atoms with E-state index in [1.807, 2.05) is 6.20 Å². The number of hydrogen-bond acceptors (Lipinski definition) is 3. The minimum absolute atomic E-state index is 0.398. The zero-order chi connectivity index (χ0) is 13.7. The summed E-state index contributed by atoms with van der Waals surface area (Å²) in [5, 5.41) is 0. The lowest BCUT2D eigenvalue weighted by atomic mass is 10.0. The van der Waals surface area contributed by atoms with E-state index in [0.29, 0.717) is 6.04 Å². The highest BCUT2D eigenvalue weighted by Gasteiger charge is 2.15. The molecule has 2 aromatic rings. The van der Waals surface area contributed by atoms with Gasteiger partial charge >= 0.3 is 0 Å². The van der Waals surface area contributed by atoms with E-state index in [-0.39, 0.29) is 0 Å². The Hall–Kier alpha value is -1.26. The molecule has 0 radical (unpaired) electrons. The van der Waals surface area contributed by atoms with E-state index >= 15 is 0 Å². The van der Waals surface area contributed by atoms with E-state index in [0.717, 1.165) is 23.1 Å². The summed E-state index contributed by atoms with van der Waals surface area (Å²) in [4.78, 5) is 10.8. The van der Waals surface area contributed by atoms with Crippen LogP contribution in [-0.2, 0) is 6.54 Å². The maximum atomic E-state index is 4.33. The Morgan fingerprint density at radius 1 is 1.21 bits per heavy atom. The van der Waals surface area contributed by atoms with Crippen LogP contribution in [0.15, 0.2) is 47.3 Å². The molecule has 0 aliphatic carbocycles. The fraction of sp³-hybridized carbons (Fsp3) is 0.333. The van der Waals surface area contributed by atoms with Crippen molar-refractivity contribution in [3.8, 4) is 0 Å². The zero-order valence-electron chi connectivity index (χ0n) is 11.3. The van der Waals surface area contributed by atoms with Gasteiger partial charge in [-0.2, -0.15) is 0 Å². The van der Waals surface area contributed by atoms with Gasteiger partial charge in [0.05, 0.1) is 5.69 Å². The van der Waals surface area contributed by atoms with Crippen LogP contribution in [0.5, 0.6) is 0 Å². The second-order valence-electron chi connectivity index (χ2n) is 4.59. The second-order valence-corrected chi connectivity index (χ2v) is 5.50. The minimum Gasteiger partial charge on any atom is -0.293 e. The maximum Gasteiger partial charge on any atom is 0.0726 e. The molecule has 0 fully saturated rings. The van der Waals surface area contributed by atoms with Gasteiger partial charge in [-0.1, -0.05) is 35.0 Å². The SMILES string of the molecule is CC[C@H](c1ccc(Br)cc1)N(C)Cc1cnccn1. The first-order valence-corrected chi connectivity index (χ1v) is 7.20. The summed E-state index contributed by atoms with van der Waals surface area (Å²) in [6.07, 6.45) is 6.34. The van der Waals surface area contributed by atoms with Crippen LogP contribution in [0.1, 0.15) is 30.6 Å². The van der Waals surface area contributed by atoms with Crippen LogP contribution in [-0.4, -0.2) is 21.9 Å². The van der Waals surface area contributed by atoms with Crippen molar-refractivity contribution in [1.82, 2.24) is 14.9 Å². The number of rotatable bonds is 5. The Balaban J connectivity index is 2.11. The molecule has 0 amide bonds. The van der Waals surface area contributed by atoms with E-state index in [1.54, 1.807) is 12.4 Å². The van der Waals surface area contributed by atoms with Crippen molar-refractivity contribution in [3.05, 3.63) is 58.6 Å². The molecule has 1 aromatic carbocycles. The summed E-state index contributed by atoms with van der Waals surface area (Å²) in [5.74, 6) is 0. The molecule has 1 aromatic heterocycles. The largest absolute Gasteiger partial charge is 0.293 e. The molecular formula is C15H18BrN3. The average molecular weight is 320 g/mol. The molecule has 1 atom stereocenters. The molecule has 0 aliphatic heterocycles. The van der Waals surface area contributed by atoms with Gasteiger partial charge in [0.25, 0.3) is 0 Å². The summed E-state index contributed by atoms with van der Waals surface area (Å²) in [6.45, 7) is 3.02. The van der Waals surface area contributed by atoms with Crippen molar-refractivity contribution >= 4 is 15.9 Å². The van der Waals surface area contributed by atoms with Crippen molar-refractivity contribution in [2.45, 2.75) is 25.9 Å². The van der Waals surface area contributed by atoms with Gasteiger partial charge < -0.3 is 0 Å². The average Bonchev–Trinajstić information content (AvgIpc) is 2.43. The highest BCUT2D eigenvalue weighted by atomic mass is 79.9. The molecule has 3 nitrogen and oxygen atoms in total. The van der Waals surface area contributed by atoms with Crippen LogP contribution in [0.4, 0.5) is 0 Å². The molecule has 0 bridgehead atoms. The molecule has 0 saturated heterocycles. The number of benzene rings is 1. The monoisotopic (exact) mass is 319 g/mol. The third-order valence-corrected chi connectivity index (χ3v) is 3.73. The van der Waals surface area contributed by atoms with Crippen LogP contribution < -0.4 is 0 Å². The van der Waals surface area contributed by atoms with E-state index in [2.05, 4.69) is 69.0 Å². The van der Waals surface area contributed by atoms with Crippen LogP contribution >= 0.6 is 15.9 Å². The second kappa shape index (κ2) is 6.78. The Kier molecular flexibility index (Phi) is 5.05. The smallest absolute Gasteiger partial charge is 0.0726 e. The van der Waals surface area contributed by atoms with Crippen molar-refractivity contribution in [1.29, 1.82) is 0 Å². The van der Waals surface area contributed by atoms with E-state index < -0.39 is 0 Å². The zero-order valence-corrected chi connectivity index (χ0v) is 12.8. The van der Waals surface area contributed by atoms with Crippen LogP contribution in [0.2, 0.25) is 0 Å². The number of aromatic nitrogens is 2. The number of hydrogen-bond donors (Lipinski definition) is 0. The molecule has 2 rings (SSSR count). The Bertz CT molecular complexity index is 499. The van der Waals surface area contributed by atoms with Gasteiger partial charge in [-0.25, -0.2) is 0 Å². The summed E-state index contributed by atoms with van der Waals surface area (Å²) in [6, 6.07) is 8.93. The summed E-state index contributed by atoms with van der Waals surface area (Å²) < 4.78 is 1.11. The molecular weight excluding hydrogens is 302 g/mol. The van der Waals surface area contributed by atoms with Gasteiger partial charge in [0, 0.05) is 35.6 Å². The molecule has 0 spiro atoms. The summed E-state index contributed by atoms with van der Waals surface area (Å²) in [5.41, 5.74) is 2.33. The van der Waals surface area contributed by atoms with Crippen LogP contribution in [0.3, 0.4) is 0 Å². The van der Waals surface area contributed by atoms with Crippen molar-refractivity contribution in [2.75, 3.05) is 7.05 Å². The third-order valence-electron chi connectivity index (χ3n) is 3.20. The first-order valence-electron chi connectivity index (χ1n) is 6.41. The highest BCUT2D eigenvalue weighted by Crippen LogP contribution is 2.25. The fourth-order valence-corrected chi connectivity index (χ4v) is 2.53. The minimum atomic E-state index is 0.398. The lowest BCUT2D eigenvalue weighted by Crippen LogP contribution is -2.24. The molecule has 4 heteroatoms. The standard InChI is InChI=1S/C15H18BrN3/c1-3-15(12-4-6-13(16)7-5-12)19(2)11-14-10-17-8-9-18-14/h4-10,15H,3,11H2,1-2H3/t15-/m1/s1. The molecule has 0 N–H and O–H groups in total. The Morgan fingerprint density at radius 2 is 1.95 bits per heavy atom. The lowest BCUT2D eigenvalue weighted by Gasteiger charge is -2.27. The predicted octanol–water partition coefficient (Wildman–Crippen LogP) is 3.82. The maximum absolute atomic E-state index is 4.33. The van der Waals surface area contributed by atoms with Crippen molar-refractivity contribution < 1.29 is 0 Å². The predicted molar refractivity (Wildman–Crippen MR) is 80.7 cm³/mol. The van der Waals surface area contributed by atoms with E-state index in [9.17, 15) is 0 Å². The molecule has 1 heterocycles. The summed E-state index contributed by atoms with van der Waals surface area (Å²) >= 11 is 3.48. The highest BCUT2D eigenvalue weighted by molar-refractivity contribution is 9.10. The quantitative estimate of drug-likeness (QED) is 0.838. The number of halogens is 1. The molecule has 0 unspecified atom stereocenters. The summed E-state index contributed by atoms with van der Waals surface area (Å²) in [7, 11) is 2.13. The van der Waals surface area contributed by atoms with Crippen LogP contribution in [0.25, 0.3) is 0 Å². The fourth-order valence-electron chi connectivity index (χ4n) is 2.26. The lowest BCUT2D eigenvalue weighted by molar-refractivity contribution is 0.227. The topological polar surface area (TPSA) is 29.0 Å². The first-order chi connectivity index (χ1) is 9.20. The third kappa shape index (κ3) is 3.85. The molecule has 19 heavy (non-hydrogen) atoms. The Morgan fingerprint density at radius 3 is 2.53 bits per heavy atom. The van der Waals surface area contributed by atoms with E-state index in [4.69, 9.17) is 0 Å². The van der Waals surface area contributed by atoms with Gasteiger partial charge in [-0.15, -0.1) is 0 Å². The number of nitrogens with zero attached hydrogens (tertiary/aromatic N) is 3. The normalized spacial score (nSPS) is 12.6. The Labute approximate surface area is 122 Å². The van der Waals surface area contributed by atoms with Gasteiger partial charge in [0.1, 0.15) is 0 Å².